The summed E-state index contributed by atoms with van der Waals surface area (Å²) in [7, 11) is -3.21. The van der Waals surface area contributed by atoms with Crippen molar-refractivity contribution < 1.29 is 31.1 Å². The fourth-order valence-corrected chi connectivity index (χ4v) is 3.75. The zero-order valence-corrected chi connectivity index (χ0v) is 13.5. The van der Waals surface area contributed by atoms with E-state index in [-0.39, 0.29) is 29.7 Å². The van der Waals surface area contributed by atoms with Gasteiger partial charge in [-0.25, -0.2) is 8.42 Å². The van der Waals surface area contributed by atoms with Crippen molar-refractivity contribution in [2.75, 3.05) is 5.75 Å². The lowest BCUT2D eigenvalue weighted by atomic mass is 10.1. The predicted molar refractivity (Wildman–Crippen MR) is 80.7 cm³/mol. The highest BCUT2D eigenvalue weighted by Gasteiger charge is 2.31. The smallest absolute Gasteiger partial charge is 0.406 e. The van der Waals surface area contributed by atoms with Crippen LogP contribution in [0.4, 0.5) is 13.2 Å². The average Bonchev–Trinajstić information content (AvgIpc) is 2.76. The molecule has 0 aliphatic carbocycles. The van der Waals surface area contributed by atoms with Gasteiger partial charge in [-0.05, 0) is 24.6 Å². The lowest BCUT2D eigenvalue weighted by molar-refractivity contribution is -0.274. The largest absolute Gasteiger partial charge is 0.573 e. The molecule has 1 amide bonds. The number of nitrogens with one attached hydrogen (secondary N) is 1. The van der Waals surface area contributed by atoms with Gasteiger partial charge in [0.1, 0.15) is 5.75 Å². The molecule has 0 saturated heterocycles. The number of halogens is 3. The number of carbonyl (C=O) groups is 1. The third-order valence-electron chi connectivity index (χ3n) is 3.44. The van der Waals surface area contributed by atoms with Gasteiger partial charge in [-0.2, -0.15) is 0 Å². The summed E-state index contributed by atoms with van der Waals surface area (Å²) in [5, 5.41) is 3.79. The van der Waals surface area contributed by atoms with Crippen molar-refractivity contribution in [1.82, 2.24) is 5.32 Å². The lowest BCUT2D eigenvalue weighted by Crippen LogP contribution is -2.28. The highest BCUT2D eigenvalue weighted by molar-refractivity contribution is 7.94. The van der Waals surface area contributed by atoms with Crippen molar-refractivity contribution >= 4 is 15.7 Å². The number of rotatable bonds is 5. The first kappa shape index (κ1) is 18.3. The standard InChI is InChI=1S/C15H16F3NO4S/c1-10(12-2-4-13(5-3-12)23-15(16,17)18)19-14(20)8-11-6-7-24(21,22)9-11/h2-7,10-11H,8-9H2,1H3,(H,19,20). The van der Waals surface area contributed by atoms with Crippen LogP contribution in [0.15, 0.2) is 35.7 Å². The van der Waals surface area contributed by atoms with Gasteiger partial charge >= 0.3 is 6.36 Å². The van der Waals surface area contributed by atoms with E-state index in [1.807, 2.05) is 0 Å². The molecule has 1 heterocycles. The fourth-order valence-electron chi connectivity index (χ4n) is 2.35. The Labute approximate surface area is 137 Å². The number of carbonyl (C=O) groups excluding carboxylic acids is 1. The summed E-state index contributed by atoms with van der Waals surface area (Å²) in [6.45, 7) is 1.68. The number of alkyl halides is 3. The van der Waals surface area contributed by atoms with Gasteiger partial charge < -0.3 is 10.1 Å². The van der Waals surface area contributed by atoms with Crippen molar-refractivity contribution in [1.29, 1.82) is 0 Å². The summed E-state index contributed by atoms with van der Waals surface area (Å²) >= 11 is 0. The Bertz CT molecular complexity index is 726. The van der Waals surface area contributed by atoms with Crippen LogP contribution in [0.5, 0.6) is 5.75 Å². The highest BCUT2D eigenvalue weighted by atomic mass is 32.2. The molecule has 1 aliphatic heterocycles. The summed E-state index contributed by atoms with van der Waals surface area (Å²) in [5.41, 5.74) is 0.604. The Morgan fingerprint density at radius 2 is 1.96 bits per heavy atom. The SMILES string of the molecule is CC(NC(=O)CC1C=CS(=O)(=O)C1)c1ccc(OC(F)(F)F)cc1. The second kappa shape index (κ2) is 6.84. The molecule has 2 rings (SSSR count). The topological polar surface area (TPSA) is 72.5 Å². The molecule has 5 nitrogen and oxygen atoms in total. The van der Waals surface area contributed by atoms with E-state index in [1.165, 1.54) is 18.2 Å². The molecule has 1 N–H and O–H groups in total. The molecule has 132 valence electrons. The van der Waals surface area contributed by atoms with Crippen LogP contribution in [-0.4, -0.2) is 26.4 Å². The molecule has 2 atom stereocenters. The van der Waals surface area contributed by atoms with Gasteiger partial charge in [0.2, 0.25) is 5.91 Å². The number of hydrogen-bond donors (Lipinski definition) is 1. The van der Waals surface area contributed by atoms with Crippen LogP contribution < -0.4 is 10.1 Å². The normalized spacial score (nSPS) is 20.6. The highest BCUT2D eigenvalue weighted by Crippen LogP contribution is 2.24. The molecule has 0 aromatic heterocycles. The lowest BCUT2D eigenvalue weighted by Gasteiger charge is -2.16. The summed E-state index contributed by atoms with van der Waals surface area (Å²) in [6, 6.07) is 4.74. The fraction of sp³-hybridized carbons (Fsp3) is 0.400. The first-order valence-electron chi connectivity index (χ1n) is 7.10. The summed E-state index contributed by atoms with van der Waals surface area (Å²) in [5.74, 6) is -1.11. The van der Waals surface area contributed by atoms with E-state index in [1.54, 1.807) is 6.92 Å². The van der Waals surface area contributed by atoms with Gasteiger partial charge in [-0.1, -0.05) is 18.2 Å². The van der Waals surface area contributed by atoms with Crippen LogP contribution in [-0.2, 0) is 14.6 Å². The van der Waals surface area contributed by atoms with Gasteiger partial charge in [-0.3, -0.25) is 4.79 Å². The maximum atomic E-state index is 12.1. The van der Waals surface area contributed by atoms with Gasteiger partial charge in [0.15, 0.2) is 9.84 Å². The van der Waals surface area contributed by atoms with E-state index in [2.05, 4.69) is 10.1 Å². The second-order valence-corrected chi connectivity index (χ2v) is 7.46. The summed E-state index contributed by atoms with van der Waals surface area (Å²) < 4.78 is 62.6. The maximum Gasteiger partial charge on any atom is 0.573 e. The van der Waals surface area contributed by atoms with Crippen LogP contribution in [0.3, 0.4) is 0 Å². The quantitative estimate of drug-likeness (QED) is 0.873. The van der Waals surface area contributed by atoms with Gasteiger partial charge in [0, 0.05) is 17.7 Å². The molecular formula is C15H16F3NO4S. The van der Waals surface area contributed by atoms with E-state index in [0.717, 1.165) is 17.5 Å². The van der Waals surface area contributed by atoms with Crippen molar-refractivity contribution in [3.05, 3.63) is 41.3 Å². The van der Waals surface area contributed by atoms with Crippen LogP contribution >= 0.6 is 0 Å². The predicted octanol–water partition coefficient (Wildman–Crippen LogP) is 2.71. The van der Waals surface area contributed by atoms with Crippen molar-refractivity contribution in [3.8, 4) is 5.75 Å². The van der Waals surface area contributed by atoms with Crippen LogP contribution in [0.1, 0.15) is 24.9 Å². The Morgan fingerprint density at radius 1 is 1.33 bits per heavy atom. The summed E-state index contributed by atoms with van der Waals surface area (Å²) in [6.07, 6.45) is -3.23. The molecule has 24 heavy (non-hydrogen) atoms. The molecule has 0 saturated carbocycles. The second-order valence-electron chi connectivity index (χ2n) is 5.53. The maximum absolute atomic E-state index is 12.1. The Morgan fingerprint density at radius 3 is 2.46 bits per heavy atom. The molecule has 0 radical (unpaired) electrons. The number of sulfone groups is 1. The van der Waals surface area contributed by atoms with E-state index < -0.39 is 22.2 Å². The molecule has 1 aromatic carbocycles. The molecule has 0 fully saturated rings. The third-order valence-corrected chi connectivity index (χ3v) is 4.91. The molecule has 0 spiro atoms. The van der Waals surface area contributed by atoms with Crippen molar-refractivity contribution in [2.24, 2.45) is 5.92 Å². The average molecular weight is 363 g/mol. The summed E-state index contributed by atoms with van der Waals surface area (Å²) in [4.78, 5) is 11.9. The zero-order chi connectivity index (χ0) is 18.0. The van der Waals surface area contributed by atoms with E-state index in [9.17, 15) is 26.4 Å². The van der Waals surface area contributed by atoms with Gasteiger partial charge in [-0.15, -0.1) is 13.2 Å². The molecule has 2 unspecified atom stereocenters. The Kier molecular flexibility index (Phi) is 5.22. The molecule has 1 aromatic rings. The minimum absolute atomic E-state index is 0.0370. The zero-order valence-electron chi connectivity index (χ0n) is 12.7. The Balaban J connectivity index is 1.89. The van der Waals surface area contributed by atoms with Gasteiger partial charge in [0.25, 0.3) is 0 Å². The number of allylic oxidation sites excluding steroid dienone is 1. The molecule has 9 heteroatoms. The minimum atomic E-state index is -4.75. The number of hydrogen-bond acceptors (Lipinski definition) is 4. The molecule has 1 aliphatic rings. The van der Waals surface area contributed by atoms with E-state index in [4.69, 9.17) is 0 Å². The van der Waals surface area contributed by atoms with E-state index >= 15 is 0 Å². The molecule has 0 bridgehead atoms. The third kappa shape index (κ3) is 5.55. The first-order valence-corrected chi connectivity index (χ1v) is 8.82. The molecular weight excluding hydrogens is 347 g/mol. The Hall–Kier alpha value is -2.03. The first-order chi connectivity index (χ1) is 11.0. The van der Waals surface area contributed by atoms with Crippen LogP contribution in [0.2, 0.25) is 0 Å². The number of benzene rings is 1. The van der Waals surface area contributed by atoms with Crippen LogP contribution in [0, 0.1) is 5.92 Å². The van der Waals surface area contributed by atoms with Crippen LogP contribution in [0.25, 0.3) is 0 Å². The van der Waals surface area contributed by atoms with Gasteiger partial charge in [0.05, 0.1) is 11.8 Å². The monoisotopic (exact) mass is 363 g/mol. The van der Waals surface area contributed by atoms with E-state index in [0.29, 0.717) is 5.56 Å². The minimum Gasteiger partial charge on any atom is -0.406 e. The van der Waals surface area contributed by atoms with Crippen molar-refractivity contribution in [2.45, 2.75) is 25.7 Å². The van der Waals surface area contributed by atoms with Crippen molar-refractivity contribution in [3.63, 3.8) is 0 Å². The number of amides is 1. The number of ether oxygens (including phenoxy) is 1.